The predicted molar refractivity (Wildman–Crippen MR) is 90.7 cm³/mol. The monoisotopic (exact) mass is 363 g/mol. The fraction of sp³-hybridized carbons (Fsp3) is 0.353. The van der Waals surface area contributed by atoms with Crippen molar-refractivity contribution in [2.45, 2.75) is 19.1 Å². The second-order valence-corrected chi connectivity index (χ2v) is 6.27. The molecular weight excluding hydrogens is 346 g/mol. The molecule has 0 saturated carbocycles. The van der Waals surface area contributed by atoms with Gasteiger partial charge in [-0.25, -0.2) is 0 Å². The van der Waals surface area contributed by atoms with E-state index in [1.165, 1.54) is 6.20 Å². The number of benzene rings is 1. The van der Waals surface area contributed by atoms with Gasteiger partial charge < -0.3 is 14.7 Å². The molecule has 2 aromatic rings. The zero-order valence-corrected chi connectivity index (χ0v) is 14.2. The van der Waals surface area contributed by atoms with E-state index < -0.39 is 12.1 Å². The molecule has 8 heteroatoms. The highest BCUT2D eigenvalue weighted by Gasteiger charge is 2.27. The molecule has 2 heterocycles. The second kappa shape index (κ2) is 7.67. The van der Waals surface area contributed by atoms with E-state index >= 15 is 0 Å². The number of carboxylic acid groups (broad SMARTS) is 1. The van der Waals surface area contributed by atoms with Crippen LogP contribution in [0.25, 0.3) is 0 Å². The first-order valence-corrected chi connectivity index (χ1v) is 8.29. The van der Waals surface area contributed by atoms with Crippen LogP contribution in [-0.4, -0.2) is 57.5 Å². The van der Waals surface area contributed by atoms with E-state index in [2.05, 4.69) is 5.10 Å². The normalized spacial score (nSPS) is 17.5. The average molecular weight is 364 g/mol. The molecule has 1 amide bonds. The lowest BCUT2D eigenvalue weighted by atomic mass is 10.2. The molecule has 1 fully saturated rings. The number of ether oxygens (including phenoxy) is 1. The molecule has 7 nitrogen and oxygen atoms in total. The molecule has 0 bridgehead atoms. The van der Waals surface area contributed by atoms with Gasteiger partial charge >= 0.3 is 5.97 Å². The van der Waals surface area contributed by atoms with Gasteiger partial charge in [-0.1, -0.05) is 29.8 Å². The van der Waals surface area contributed by atoms with Gasteiger partial charge in [-0.2, -0.15) is 5.10 Å². The Morgan fingerprint density at radius 2 is 2.16 bits per heavy atom. The molecule has 1 aromatic carbocycles. The largest absolute Gasteiger partial charge is 0.481 e. The van der Waals surface area contributed by atoms with E-state index in [-0.39, 0.29) is 18.9 Å². The fourth-order valence-electron chi connectivity index (χ4n) is 2.77. The number of aliphatic carboxylic acids is 1. The summed E-state index contributed by atoms with van der Waals surface area (Å²) >= 11 is 6.14. The van der Waals surface area contributed by atoms with Crippen molar-refractivity contribution >= 4 is 23.5 Å². The molecular formula is C17H18ClN3O4. The maximum atomic E-state index is 12.6. The van der Waals surface area contributed by atoms with Crippen LogP contribution in [0.15, 0.2) is 36.7 Å². The first-order chi connectivity index (χ1) is 12.0. The highest BCUT2D eigenvalue weighted by Crippen LogP contribution is 2.17. The first-order valence-electron chi connectivity index (χ1n) is 7.91. The molecule has 132 valence electrons. The number of morpholine rings is 1. The van der Waals surface area contributed by atoms with Crippen molar-refractivity contribution in [1.29, 1.82) is 0 Å². The number of nitrogens with zero attached hydrogens (tertiary/aromatic N) is 3. The molecule has 1 N–H and O–H groups in total. The summed E-state index contributed by atoms with van der Waals surface area (Å²) in [4.78, 5) is 25.0. The highest BCUT2D eigenvalue weighted by atomic mass is 35.5. The van der Waals surface area contributed by atoms with Gasteiger partial charge in [0.2, 0.25) is 0 Å². The molecule has 0 aliphatic carbocycles. The molecule has 1 saturated heterocycles. The summed E-state index contributed by atoms with van der Waals surface area (Å²) in [5.41, 5.74) is 1.38. The summed E-state index contributed by atoms with van der Waals surface area (Å²) in [7, 11) is 0. The fourth-order valence-corrected chi connectivity index (χ4v) is 2.96. The van der Waals surface area contributed by atoms with E-state index in [0.29, 0.717) is 30.3 Å². The number of carbonyl (C=O) groups excluding carboxylic acids is 1. The Hall–Kier alpha value is -2.38. The summed E-state index contributed by atoms with van der Waals surface area (Å²) < 4.78 is 7.05. The number of carboxylic acids is 1. The van der Waals surface area contributed by atoms with Gasteiger partial charge in [0.1, 0.15) is 0 Å². The number of halogens is 1. The van der Waals surface area contributed by atoms with Gasteiger partial charge in [-0.05, 0) is 11.6 Å². The second-order valence-electron chi connectivity index (χ2n) is 5.86. The van der Waals surface area contributed by atoms with Gasteiger partial charge in [-0.15, -0.1) is 0 Å². The minimum absolute atomic E-state index is 0.116. The van der Waals surface area contributed by atoms with Crippen molar-refractivity contribution in [3.8, 4) is 0 Å². The van der Waals surface area contributed by atoms with Gasteiger partial charge in [0.15, 0.2) is 0 Å². The Labute approximate surface area is 149 Å². The first kappa shape index (κ1) is 17.4. The van der Waals surface area contributed by atoms with E-state index in [1.807, 2.05) is 24.3 Å². The minimum Gasteiger partial charge on any atom is -0.481 e. The Morgan fingerprint density at radius 3 is 2.92 bits per heavy atom. The Balaban J connectivity index is 1.66. The van der Waals surface area contributed by atoms with Crippen LogP contribution < -0.4 is 0 Å². The van der Waals surface area contributed by atoms with Gasteiger partial charge in [0.05, 0.1) is 37.4 Å². The lowest BCUT2D eigenvalue weighted by Crippen LogP contribution is -2.46. The Kier molecular flexibility index (Phi) is 5.35. The third-order valence-corrected chi connectivity index (χ3v) is 4.37. The average Bonchev–Trinajstić information content (AvgIpc) is 3.04. The number of carbonyl (C=O) groups is 2. The summed E-state index contributed by atoms with van der Waals surface area (Å²) in [6.45, 7) is 1.50. The summed E-state index contributed by atoms with van der Waals surface area (Å²) in [5.74, 6) is -1.11. The van der Waals surface area contributed by atoms with Crippen molar-refractivity contribution in [1.82, 2.24) is 14.7 Å². The van der Waals surface area contributed by atoms with Gasteiger partial charge in [0, 0.05) is 24.3 Å². The molecule has 0 spiro atoms. The van der Waals surface area contributed by atoms with Crippen molar-refractivity contribution in [3.63, 3.8) is 0 Å². The molecule has 1 aliphatic rings. The van der Waals surface area contributed by atoms with E-state index in [1.54, 1.807) is 15.8 Å². The van der Waals surface area contributed by atoms with E-state index in [9.17, 15) is 9.59 Å². The van der Waals surface area contributed by atoms with Crippen LogP contribution in [0, 0.1) is 0 Å². The van der Waals surface area contributed by atoms with Crippen LogP contribution in [0.1, 0.15) is 22.3 Å². The summed E-state index contributed by atoms with van der Waals surface area (Å²) in [6, 6.07) is 7.47. The number of amides is 1. The smallest absolute Gasteiger partial charge is 0.306 e. The van der Waals surface area contributed by atoms with Crippen LogP contribution in [-0.2, 0) is 16.1 Å². The van der Waals surface area contributed by atoms with Crippen molar-refractivity contribution in [2.75, 3.05) is 19.7 Å². The third-order valence-electron chi connectivity index (χ3n) is 4.00. The van der Waals surface area contributed by atoms with Crippen molar-refractivity contribution in [2.24, 2.45) is 0 Å². The molecule has 1 aromatic heterocycles. The third kappa shape index (κ3) is 4.37. The highest BCUT2D eigenvalue weighted by molar-refractivity contribution is 6.31. The lowest BCUT2D eigenvalue weighted by molar-refractivity contribution is -0.141. The topological polar surface area (TPSA) is 84.7 Å². The van der Waals surface area contributed by atoms with Crippen LogP contribution >= 0.6 is 11.6 Å². The number of hydrogen-bond donors (Lipinski definition) is 1. The van der Waals surface area contributed by atoms with Crippen LogP contribution in [0.4, 0.5) is 0 Å². The van der Waals surface area contributed by atoms with E-state index in [4.69, 9.17) is 21.4 Å². The van der Waals surface area contributed by atoms with Crippen molar-refractivity contribution < 1.29 is 19.4 Å². The van der Waals surface area contributed by atoms with Crippen LogP contribution in [0.2, 0.25) is 5.02 Å². The minimum atomic E-state index is -0.938. The predicted octanol–water partition coefficient (Wildman–Crippen LogP) is 1.90. The van der Waals surface area contributed by atoms with Crippen molar-refractivity contribution in [3.05, 3.63) is 52.8 Å². The molecule has 1 atom stereocenters. The molecule has 1 aliphatic heterocycles. The summed E-state index contributed by atoms with van der Waals surface area (Å²) in [6.07, 6.45) is 2.59. The number of rotatable bonds is 5. The maximum absolute atomic E-state index is 12.6. The SMILES string of the molecule is O=C(O)C[C@@H]1CN(C(=O)c2cnn(Cc3ccccc3Cl)c2)CCO1. The summed E-state index contributed by atoms with van der Waals surface area (Å²) in [5, 5.41) is 13.7. The van der Waals surface area contributed by atoms with Crippen LogP contribution in [0.5, 0.6) is 0 Å². The molecule has 25 heavy (non-hydrogen) atoms. The van der Waals surface area contributed by atoms with Gasteiger partial charge in [0.25, 0.3) is 5.91 Å². The van der Waals surface area contributed by atoms with E-state index in [0.717, 1.165) is 5.56 Å². The quantitative estimate of drug-likeness (QED) is 0.877. The molecule has 0 radical (unpaired) electrons. The molecule has 3 rings (SSSR count). The van der Waals surface area contributed by atoms with Gasteiger partial charge in [-0.3, -0.25) is 14.3 Å². The number of hydrogen-bond acceptors (Lipinski definition) is 4. The lowest BCUT2D eigenvalue weighted by Gasteiger charge is -2.32. The zero-order chi connectivity index (χ0) is 17.8. The maximum Gasteiger partial charge on any atom is 0.306 e. The standard InChI is InChI=1S/C17H18ClN3O4/c18-15-4-2-1-3-12(15)9-21-10-13(8-19-21)17(24)20-5-6-25-14(11-20)7-16(22)23/h1-4,8,10,14H,5-7,9,11H2,(H,22,23)/t14-/m1/s1. The zero-order valence-electron chi connectivity index (χ0n) is 13.5. The molecule has 0 unspecified atom stereocenters. The Bertz CT molecular complexity index is 777. The number of aromatic nitrogens is 2. The van der Waals surface area contributed by atoms with Crippen LogP contribution in [0.3, 0.4) is 0 Å². The Morgan fingerprint density at radius 1 is 1.36 bits per heavy atom.